The Balaban J connectivity index is 2.10. The molecular weight excluding hydrogens is 292 g/mol. The predicted octanol–water partition coefficient (Wildman–Crippen LogP) is 3.61. The van der Waals surface area contributed by atoms with Gasteiger partial charge in [-0.1, -0.05) is 6.07 Å². The molecule has 0 saturated carbocycles. The SMILES string of the molecule is Cc1ccc([N+](=O)[O-])cc1-c1ccnc(-c2ccnc(N)c2)c1. The normalized spacial score (nSPS) is 10.5. The minimum absolute atomic E-state index is 0.0668. The first-order chi connectivity index (χ1) is 11.0. The van der Waals surface area contributed by atoms with Crippen LogP contribution in [0.3, 0.4) is 0 Å². The van der Waals surface area contributed by atoms with Gasteiger partial charge in [-0.05, 0) is 47.9 Å². The molecule has 6 nitrogen and oxygen atoms in total. The van der Waals surface area contributed by atoms with Gasteiger partial charge in [-0.3, -0.25) is 15.1 Å². The van der Waals surface area contributed by atoms with Crippen LogP contribution >= 0.6 is 0 Å². The number of aryl methyl sites for hydroxylation is 1. The smallest absolute Gasteiger partial charge is 0.270 e. The van der Waals surface area contributed by atoms with Crippen LogP contribution in [0.2, 0.25) is 0 Å². The van der Waals surface area contributed by atoms with Crippen LogP contribution in [0.25, 0.3) is 22.4 Å². The number of hydrogen-bond donors (Lipinski definition) is 1. The molecule has 0 aliphatic heterocycles. The average Bonchev–Trinajstić information content (AvgIpc) is 2.55. The number of aromatic nitrogens is 2. The standard InChI is InChI=1S/C17H14N4O2/c1-11-2-3-14(21(22)23)10-15(11)12-4-6-19-16(8-12)13-5-7-20-17(18)9-13/h2-10H,1H3,(H2,18,20). The molecule has 0 saturated heterocycles. The molecule has 23 heavy (non-hydrogen) atoms. The number of nitrogens with zero attached hydrogens (tertiary/aromatic N) is 3. The molecule has 0 aliphatic carbocycles. The van der Waals surface area contributed by atoms with Gasteiger partial charge in [-0.15, -0.1) is 0 Å². The molecule has 3 rings (SSSR count). The zero-order valence-electron chi connectivity index (χ0n) is 12.4. The predicted molar refractivity (Wildman–Crippen MR) is 88.7 cm³/mol. The largest absolute Gasteiger partial charge is 0.384 e. The van der Waals surface area contributed by atoms with Crippen molar-refractivity contribution in [3.05, 3.63) is 70.5 Å². The Bertz CT molecular complexity index is 893. The molecule has 114 valence electrons. The van der Waals surface area contributed by atoms with Gasteiger partial charge in [0.05, 0.1) is 10.6 Å². The third kappa shape index (κ3) is 3.01. The van der Waals surface area contributed by atoms with E-state index in [2.05, 4.69) is 9.97 Å². The highest BCUT2D eigenvalue weighted by Crippen LogP contribution is 2.30. The van der Waals surface area contributed by atoms with Crippen molar-refractivity contribution in [2.24, 2.45) is 0 Å². The quantitative estimate of drug-likeness (QED) is 0.589. The molecule has 0 aliphatic rings. The molecule has 1 aromatic carbocycles. The Morgan fingerprint density at radius 1 is 1.00 bits per heavy atom. The molecule has 2 heterocycles. The van der Waals surface area contributed by atoms with E-state index >= 15 is 0 Å². The Hall–Kier alpha value is -3.28. The maximum absolute atomic E-state index is 11.0. The zero-order chi connectivity index (χ0) is 16.4. The molecule has 0 atom stereocenters. The fourth-order valence-corrected chi connectivity index (χ4v) is 2.40. The van der Waals surface area contributed by atoms with E-state index in [0.29, 0.717) is 5.82 Å². The van der Waals surface area contributed by atoms with Gasteiger partial charge in [0.25, 0.3) is 5.69 Å². The first-order valence-corrected chi connectivity index (χ1v) is 6.98. The summed E-state index contributed by atoms with van der Waals surface area (Å²) in [7, 11) is 0. The lowest BCUT2D eigenvalue weighted by Crippen LogP contribution is -1.93. The highest BCUT2D eigenvalue weighted by atomic mass is 16.6. The third-order valence-electron chi connectivity index (χ3n) is 3.58. The Kier molecular flexibility index (Phi) is 3.72. The molecular formula is C17H14N4O2. The Morgan fingerprint density at radius 2 is 1.74 bits per heavy atom. The van der Waals surface area contributed by atoms with Gasteiger partial charge in [-0.2, -0.15) is 0 Å². The van der Waals surface area contributed by atoms with Crippen molar-refractivity contribution in [3.63, 3.8) is 0 Å². The highest BCUT2D eigenvalue weighted by molar-refractivity contribution is 5.74. The molecule has 6 heteroatoms. The summed E-state index contributed by atoms with van der Waals surface area (Å²) in [5, 5.41) is 11.0. The lowest BCUT2D eigenvalue weighted by molar-refractivity contribution is -0.384. The van der Waals surface area contributed by atoms with Crippen molar-refractivity contribution >= 4 is 11.5 Å². The van der Waals surface area contributed by atoms with E-state index in [9.17, 15) is 10.1 Å². The second-order valence-electron chi connectivity index (χ2n) is 5.16. The number of nitrogen functional groups attached to an aromatic ring is 1. The maximum Gasteiger partial charge on any atom is 0.270 e. The van der Waals surface area contributed by atoms with Gasteiger partial charge >= 0.3 is 0 Å². The van der Waals surface area contributed by atoms with Crippen LogP contribution in [0.1, 0.15) is 5.56 Å². The van der Waals surface area contributed by atoms with Crippen molar-refractivity contribution in [2.75, 3.05) is 5.73 Å². The van der Waals surface area contributed by atoms with E-state index in [1.165, 1.54) is 6.07 Å². The first kappa shape index (κ1) is 14.6. The van der Waals surface area contributed by atoms with Crippen molar-refractivity contribution in [1.29, 1.82) is 0 Å². The fraction of sp³-hybridized carbons (Fsp3) is 0.0588. The Labute approximate surface area is 132 Å². The molecule has 0 fully saturated rings. The van der Waals surface area contributed by atoms with Crippen molar-refractivity contribution < 1.29 is 4.92 Å². The van der Waals surface area contributed by atoms with Crippen LogP contribution in [0, 0.1) is 17.0 Å². The van der Waals surface area contributed by atoms with Crippen LogP contribution in [0.15, 0.2) is 54.9 Å². The van der Waals surface area contributed by atoms with Gasteiger partial charge in [0.2, 0.25) is 0 Å². The minimum Gasteiger partial charge on any atom is -0.384 e. The van der Waals surface area contributed by atoms with Crippen LogP contribution < -0.4 is 5.73 Å². The summed E-state index contributed by atoms with van der Waals surface area (Å²) < 4.78 is 0. The summed E-state index contributed by atoms with van der Waals surface area (Å²) in [6, 6.07) is 12.1. The van der Waals surface area contributed by atoms with Gasteiger partial charge in [0, 0.05) is 30.1 Å². The van der Waals surface area contributed by atoms with Crippen LogP contribution in [0.4, 0.5) is 11.5 Å². The number of benzene rings is 1. The lowest BCUT2D eigenvalue weighted by Gasteiger charge is -2.08. The molecule has 0 radical (unpaired) electrons. The van der Waals surface area contributed by atoms with E-state index in [-0.39, 0.29) is 5.69 Å². The van der Waals surface area contributed by atoms with Crippen LogP contribution in [-0.4, -0.2) is 14.9 Å². The number of rotatable bonds is 3. The van der Waals surface area contributed by atoms with Gasteiger partial charge in [0.1, 0.15) is 5.82 Å². The third-order valence-corrected chi connectivity index (χ3v) is 3.58. The number of nitro benzene ring substituents is 1. The maximum atomic E-state index is 11.0. The highest BCUT2D eigenvalue weighted by Gasteiger charge is 2.11. The van der Waals surface area contributed by atoms with E-state index < -0.39 is 4.92 Å². The number of hydrogen-bond acceptors (Lipinski definition) is 5. The second-order valence-corrected chi connectivity index (χ2v) is 5.16. The summed E-state index contributed by atoms with van der Waals surface area (Å²) >= 11 is 0. The van der Waals surface area contributed by atoms with Gasteiger partial charge in [0.15, 0.2) is 0 Å². The minimum atomic E-state index is -0.394. The van der Waals surface area contributed by atoms with E-state index in [1.54, 1.807) is 30.6 Å². The molecule has 0 amide bonds. The van der Waals surface area contributed by atoms with E-state index in [0.717, 1.165) is 27.9 Å². The monoisotopic (exact) mass is 306 g/mol. The zero-order valence-corrected chi connectivity index (χ0v) is 12.4. The first-order valence-electron chi connectivity index (χ1n) is 6.98. The number of anilines is 1. The van der Waals surface area contributed by atoms with Crippen molar-refractivity contribution in [3.8, 4) is 22.4 Å². The van der Waals surface area contributed by atoms with Crippen LogP contribution in [-0.2, 0) is 0 Å². The summed E-state index contributed by atoms with van der Waals surface area (Å²) in [4.78, 5) is 18.9. The number of pyridine rings is 2. The van der Waals surface area contributed by atoms with Gasteiger partial charge in [-0.25, -0.2) is 4.98 Å². The average molecular weight is 306 g/mol. The fourth-order valence-electron chi connectivity index (χ4n) is 2.40. The number of non-ortho nitro benzene ring substituents is 1. The summed E-state index contributed by atoms with van der Waals surface area (Å²) in [5.41, 5.74) is 10.0. The molecule has 2 aromatic heterocycles. The molecule has 3 aromatic rings. The molecule has 2 N–H and O–H groups in total. The van der Waals surface area contributed by atoms with E-state index in [4.69, 9.17) is 5.73 Å². The molecule has 0 spiro atoms. The van der Waals surface area contributed by atoms with Gasteiger partial charge < -0.3 is 5.73 Å². The second kappa shape index (κ2) is 5.84. The van der Waals surface area contributed by atoms with Crippen molar-refractivity contribution in [1.82, 2.24) is 9.97 Å². The topological polar surface area (TPSA) is 94.9 Å². The Morgan fingerprint density at radius 3 is 2.48 bits per heavy atom. The van der Waals surface area contributed by atoms with E-state index in [1.807, 2.05) is 25.1 Å². The molecule has 0 bridgehead atoms. The summed E-state index contributed by atoms with van der Waals surface area (Å²) in [6.45, 7) is 1.92. The number of nitrogens with two attached hydrogens (primary N) is 1. The summed E-state index contributed by atoms with van der Waals surface area (Å²) in [5.74, 6) is 0.418. The molecule has 0 unspecified atom stereocenters. The summed E-state index contributed by atoms with van der Waals surface area (Å²) in [6.07, 6.45) is 3.30. The lowest BCUT2D eigenvalue weighted by atomic mass is 9.99. The van der Waals surface area contributed by atoms with Crippen molar-refractivity contribution in [2.45, 2.75) is 6.92 Å². The number of nitro groups is 1. The van der Waals surface area contributed by atoms with Crippen LogP contribution in [0.5, 0.6) is 0 Å².